The number of pyridine rings is 1. The smallest absolute Gasteiger partial charge is 0.219 e. The normalized spacial score (nSPS) is 12.0. The number of methoxy groups -OCH3 is 1. The molecule has 2 aromatic rings. The molecule has 0 bridgehead atoms. The number of halogens is 1. The van der Waals surface area contributed by atoms with Gasteiger partial charge in [0.15, 0.2) is 5.96 Å². The van der Waals surface area contributed by atoms with Gasteiger partial charge in [0, 0.05) is 39.5 Å². The van der Waals surface area contributed by atoms with E-state index in [1.54, 1.807) is 38.6 Å². The number of rotatable bonds is 7. The van der Waals surface area contributed by atoms with Crippen LogP contribution in [0.1, 0.15) is 19.4 Å². The summed E-state index contributed by atoms with van der Waals surface area (Å²) in [6.45, 7) is 5.19. The predicted molar refractivity (Wildman–Crippen MR) is 100 cm³/mol. The molecule has 1 heterocycles. The molecule has 0 aliphatic heterocycles. The number of aromatic nitrogens is 1. The molecule has 0 atom stereocenters. The lowest BCUT2D eigenvalue weighted by atomic mass is 10.1. The molecule has 0 aliphatic rings. The van der Waals surface area contributed by atoms with Crippen LogP contribution >= 0.6 is 0 Å². The van der Waals surface area contributed by atoms with E-state index < -0.39 is 0 Å². The Hall–Kier alpha value is -2.67. The third-order valence-corrected chi connectivity index (χ3v) is 3.75. The van der Waals surface area contributed by atoms with Crippen LogP contribution in [0.5, 0.6) is 11.6 Å². The minimum Gasteiger partial charge on any atom is -0.439 e. The van der Waals surface area contributed by atoms with Crippen molar-refractivity contribution in [3.8, 4) is 11.6 Å². The number of hydrogen-bond acceptors (Lipinski definition) is 4. The first-order valence-electron chi connectivity index (χ1n) is 8.30. The van der Waals surface area contributed by atoms with Gasteiger partial charge >= 0.3 is 0 Å². The van der Waals surface area contributed by atoms with Crippen molar-refractivity contribution in [1.29, 1.82) is 0 Å². The van der Waals surface area contributed by atoms with Crippen LogP contribution in [0.15, 0.2) is 47.6 Å². The van der Waals surface area contributed by atoms with Gasteiger partial charge in [-0.2, -0.15) is 0 Å². The SMILES string of the molecule is CN=C(NCc1ccc(Oc2ccc(F)cc2)nc1)NCC(C)(C)OC. The lowest BCUT2D eigenvalue weighted by Gasteiger charge is -2.24. The molecule has 0 spiro atoms. The molecule has 140 valence electrons. The van der Waals surface area contributed by atoms with Gasteiger partial charge < -0.3 is 20.1 Å². The van der Waals surface area contributed by atoms with Crippen molar-refractivity contribution in [3.05, 3.63) is 54.0 Å². The highest BCUT2D eigenvalue weighted by atomic mass is 19.1. The number of ether oxygens (including phenoxy) is 2. The number of nitrogens with one attached hydrogen (secondary N) is 2. The Kier molecular flexibility index (Phi) is 6.91. The predicted octanol–water partition coefficient (Wildman–Crippen LogP) is 3.10. The second-order valence-electron chi connectivity index (χ2n) is 6.30. The van der Waals surface area contributed by atoms with Crippen LogP contribution in [0, 0.1) is 5.82 Å². The van der Waals surface area contributed by atoms with Crippen LogP contribution in [0.3, 0.4) is 0 Å². The van der Waals surface area contributed by atoms with Crippen molar-refractivity contribution in [1.82, 2.24) is 15.6 Å². The van der Waals surface area contributed by atoms with Crippen molar-refractivity contribution in [2.24, 2.45) is 4.99 Å². The Morgan fingerprint density at radius 3 is 2.46 bits per heavy atom. The van der Waals surface area contributed by atoms with Crippen molar-refractivity contribution in [2.75, 3.05) is 20.7 Å². The van der Waals surface area contributed by atoms with Crippen LogP contribution in [-0.2, 0) is 11.3 Å². The summed E-state index contributed by atoms with van der Waals surface area (Å²) < 4.78 is 23.8. The van der Waals surface area contributed by atoms with Gasteiger partial charge in [0.25, 0.3) is 0 Å². The quantitative estimate of drug-likeness (QED) is 0.587. The van der Waals surface area contributed by atoms with E-state index in [0.29, 0.717) is 30.7 Å². The average Bonchev–Trinajstić information content (AvgIpc) is 2.65. The van der Waals surface area contributed by atoms with E-state index in [2.05, 4.69) is 20.6 Å². The Labute approximate surface area is 153 Å². The highest BCUT2D eigenvalue weighted by molar-refractivity contribution is 5.79. The van der Waals surface area contributed by atoms with Crippen LogP contribution in [0.2, 0.25) is 0 Å². The van der Waals surface area contributed by atoms with Gasteiger partial charge in [0.05, 0.1) is 5.60 Å². The highest BCUT2D eigenvalue weighted by Gasteiger charge is 2.16. The van der Waals surface area contributed by atoms with E-state index in [0.717, 1.165) is 5.56 Å². The standard InChI is InChI=1S/C19H25FN4O2/c1-19(2,25-4)13-24-18(21-3)23-12-14-5-10-17(22-11-14)26-16-8-6-15(20)7-9-16/h5-11H,12-13H2,1-4H3,(H2,21,23,24). The maximum Gasteiger partial charge on any atom is 0.219 e. The molecule has 0 saturated carbocycles. The Balaban J connectivity index is 1.85. The summed E-state index contributed by atoms with van der Waals surface area (Å²) in [5, 5.41) is 6.44. The summed E-state index contributed by atoms with van der Waals surface area (Å²) in [4.78, 5) is 8.45. The Bertz CT molecular complexity index is 715. The van der Waals surface area contributed by atoms with Gasteiger partial charge in [0.1, 0.15) is 11.6 Å². The van der Waals surface area contributed by atoms with Gasteiger partial charge in [-0.3, -0.25) is 4.99 Å². The summed E-state index contributed by atoms with van der Waals surface area (Å²) in [6.07, 6.45) is 1.72. The molecule has 1 aromatic heterocycles. The summed E-state index contributed by atoms with van der Waals surface area (Å²) in [5.74, 6) is 1.37. The molecule has 0 fully saturated rings. The lowest BCUT2D eigenvalue weighted by Crippen LogP contribution is -2.45. The fraction of sp³-hybridized carbons (Fsp3) is 0.368. The van der Waals surface area contributed by atoms with Crippen molar-refractivity contribution < 1.29 is 13.9 Å². The fourth-order valence-electron chi connectivity index (χ4n) is 1.97. The molecule has 0 aliphatic carbocycles. The highest BCUT2D eigenvalue weighted by Crippen LogP contribution is 2.19. The summed E-state index contributed by atoms with van der Waals surface area (Å²) >= 11 is 0. The summed E-state index contributed by atoms with van der Waals surface area (Å²) in [5.41, 5.74) is 0.698. The van der Waals surface area contributed by atoms with E-state index in [1.165, 1.54) is 12.1 Å². The first-order valence-corrected chi connectivity index (χ1v) is 8.30. The zero-order valence-electron chi connectivity index (χ0n) is 15.5. The second-order valence-corrected chi connectivity index (χ2v) is 6.30. The van der Waals surface area contributed by atoms with Gasteiger partial charge in [-0.1, -0.05) is 6.07 Å². The topological polar surface area (TPSA) is 67.8 Å². The van der Waals surface area contributed by atoms with E-state index in [9.17, 15) is 4.39 Å². The van der Waals surface area contributed by atoms with E-state index >= 15 is 0 Å². The number of guanidine groups is 1. The minimum absolute atomic E-state index is 0.279. The van der Waals surface area contributed by atoms with Crippen molar-refractivity contribution in [3.63, 3.8) is 0 Å². The van der Waals surface area contributed by atoms with E-state index in [-0.39, 0.29) is 11.4 Å². The number of benzene rings is 1. The zero-order valence-corrected chi connectivity index (χ0v) is 15.5. The zero-order chi connectivity index (χ0) is 19.0. The lowest BCUT2D eigenvalue weighted by molar-refractivity contribution is 0.0268. The first kappa shape index (κ1) is 19.7. The molecule has 1 aromatic carbocycles. The van der Waals surface area contributed by atoms with Crippen molar-refractivity contribution >= 4 is 5.96 Å². The van der Waals surface area contributed by atoms with Crippen LogP contribution in [0.4, 0.5) is 4.39 Å². The number of nitrogens with zero attached hydrogens (tertiary/aromatic N) is 2. The van der Waals surface area contributed by atoms with Crippen LogP contribution in [-0.4, -0.2) is 37.2 Å². The molecule has 2 N–H and O–H groups in total. The van der Waals surface area contributed by atoms with E-state index in [1.807, 2.05) is 19.9 Å². The molecule has 7 heteroatoms. The minimum atomic E-state index is -0.303. The molecular formula is C19H25FN4O2. The van der Waals surface area contributed by atoms with Gasteiger partial charge in [-0.15, -0.1) is 0 Å². The molecule has 0 radical (unpaired) electrons. The molecular weight excluding hydrogens is 335 g/mol. The van der Waals surface area contributed by atoms with Gasteiger partial charge in [-0.25, -0.2) is 9.37 Å². The molecule has 6 nitrogen and oxygen atoms in total. The maximum atomic E-state index is 12.9. The summed E-state index contributed by atoms with van der Waals surface area (Å²) in [6, 6.07) is 9.48. The molecule has 2 rings (SSSR count). The Morgan fingerprint density at radius 2 is 1.88 bits per heavy atom. The largest absolute Gasteiger partial charge is 0.439 e. The number of hydrogen-bond donors (Lipinski definition) is 2. The number of aliphatic imine (C=N–C) groups is 1. The van der Waals surface area contributed by atoms with Crippen LogP contribution in [0.25, 0.3) is 0 Å². The third-order valence-electron chi connectivity index (χ3n) is 3.75. The van der Waals surface area contributed by atoms with Crippen molar-refractivity contribution in [2.45, 2.75) is 26.0 Å². The Morgan fingerprint density at radius 1 is 1.15 bits per heavy atom. The molecule has 0 unspecified atom stereocenters. The monoisotopic (exact) mass is 360 g/mol. The molecule has 0 saturated heterocycles. The fourth-order valence-corrected chi connectivity index (χ4v) is 1.97. The van der Waals surface area contributed by atoms with Crippen LogP contribution < -0.4 is 15.4 Å². The van der Waals surface area contributed by atoms with E-state index in [4.69, 9.17) is 9.47 Å². The second kappa shape index (κ2) is 9.15. The first-order chi connectivity index (χ1) is 12.4. The third kappa shape index (κ3) is 6.33. The summed E-state index contributed by atoms with van der Waals surface area (Å²) in [7, 11) is 3.39. The van der Waals surface area contributed by atoms with Gasteiger partial charge in [-0.05, 0) is 43.7 Å². The molecule has 0 amide bonds. The van der Waals surface area contributed by atoms with Gasteiger partial charge in [0.2, 0.25) is 5.88 Å². The molecule has 26 heavy (non-hydrogen) atoms. The maximum absolute atomic E-state index is 12.9. The average molecular weight is 360 g/mol.